The highest BCUT2D eigenvalue weighted by Crippen LogP contribution is 2.16. The molecule has 1 aliphatic heterocycles. The van der Waals surface area contributed by atoms with Crippen LogP contribution in [0.15, 0.2) is 53.4 Å². The number of ether oxygens (including phenoxy) is 1. The minimum Gasteiger partial charge on any atom is -0.480 e. The molecule has 3 rings (SSSR count). The van der Waals surface area contributed by atoms with Crippen LogP contribution in [0.2, 0.25) is 0 Å². The summed E-state index contributed by atoms with van der Waals surface area (Å²) in [5.74, 6) is 5.34. The summed E-state index contributed by atoms with van der Waals surface area (Å²) in [6, 6.07) is 12.3. The number of benzene rings is 2. The highest BCUT2D eigenvalue weighted by Gasteiger charge is 2.34. The predicted molar refractivity (Wildman–Crippen MR) is 97.2 cm³/mol. The quantitative estimate of drug-likeness (QED) is 0.552. The summed E-state index contributed by atoms with van der Waals surface area (Å²) in [5.41, 5.74) is 9.10. The first-order valence-corrected chi connectivity index (χ1v) is 9.80. The van der Waals surface area contributed by atoms with Crippen LogP contribution in [0.25, 0.3) is 0 Å². The topological polar surface area (TPSA) is 117 Å². The Bertz CT molecular complexity index is 1010. The maximum absolute atomic E-state index is 11.5. The lowest BCUT2D eigenvalue weighted by atomic mass is 10.2. The maximum Gasteiger partial charge on any atom is 0.327 e. The van der Waals surface area contributed by atoms with E-state index in [1.165, 1.54) is 12.1 Å². The van der Waals surface area contributed by atoms with Gasteiger partial charge in [-0.05, 0) is 42.5 Å². The van der Waals surface area contributed by atoms with Crippen molar-refractivity contribution in [3.05, 3.63) is 59.7 Å². The van der Waals surface area contributed by atoms with E-state index < -0.39 is 28.1 Å². The third-order valence-corrected chi connectivity index (χ3v) is 4.87. The number of hydrogen-bond acceptors (Lipinski definition) is 7. The summed E-state index contributed by atoms with van der Waals surface area (Å²) < 4.78 is 28.6. The van der Waals surface area contributed by atoms with Crippen LogP contribution in [0.4, 0.5) is 0 Å². The van der Waals surface area contributed by atoms with Crippen molar-refractivity contribution in [1.82, 2.24) is 16.4 Å². The number of hydrazine groups is 2. The first kappa shape index (κ1) is 18.9. The van der Waals surface area contributed by atoms with Gasteiger partial charge in [-0.15, -0.1) is 0 Å². The molecule has 1 aliphatic rings. The second kappa shape index (κ2) is 7.77. The van der Waals surface area contributed by atoms with E-state index in [2.05, 4.69) is 28.2 Å². The second-order valence-corrected chi connectivity index (χ2v) is 7.86. The smallest absolute Gasteiger partial charge is 0.327 e. The van der Waals surface area contributed by atoms with Crippen LogP contribution in [0.3, 0.4) is 0 Å². The fourth-order valence-electron chi connectivity index (χ4n) is 2.36. The molecule has 2 aromatic carbocycles. The van der Waals surface area contributed by atoms with Gasteiger partial charge in [-0.1, -0.05) is 17.9 Å². The lowest BCUT2D eigenvalue weighted by Gasteiger charge is -2.16. The number of hydrogen-bond donors (Lipinski definition) is 4. The summed E-state index contributed by atoms with van der Waals surface area (Å²) in [7, 11) is -3.24. The van der Waals surface area contributed by atoms with Gasteiger partial charge in [-0.25, -0.2) is 19.3 Å². The fourth-order valence-corrected chi connectivity index (χ4v) is 2.99. The molecule has 1 fully saturated rings. The van der Waals surface area contributed by atoms with Crippen molar-refractivity contribution < 1.29 is 23.1 Å². The van der Waals surface area contributed by atoms with Gasteiger partial charge in [0.2, 0.25) is 0 Å². The SMILES string of the molecule is CS(=O)(=O)c1ccc(C#Cc2cccc(OC3NNNC3C(=O)O)c2)cc1. The Kier molecular flexibility index (Phi) is 5.43. The normalized spacial score (nSPS) is 19.1. The van der Waals surface area contributed by atoms with E-state index in [-0.39, 0.29) is 4.90 Å². The number of rotatable bonds is 4. The van der Waals surface area contributed by atoms with Gasteiger partial charge in [0.25, 0.3) is 0 Å². The second-order valence-electron chi connectivity index (χ2n) is 5.84. The van der Waals surface area contributed by atoms with Crippen molar-refractivity contribution in [1.29, 1.82) is 0 Å². The fraction of sp³-hybridized carbons (Fsp3) is 0.167. The molecule has 2 aromatic rings. The number of sulfone groups is 1. The van der Waals surface area contributed by atoms with Gasteiger partial charge in [0, 0.05) is 17.4 Å². The van der Waals surface area contributed by atoms with Crippen LogP contribution < -0.4 is 21.1 Å². The molecule has 0 saturated carbocycles. The molecule has 0 aromatic heterocycles. The third-order valence-electron chi connectivity index (χ3n) is 3.74. The highest BCUT2D eigenvalue weighted by molar-refractivity contribution is 7.90. The molecule has 9 heteroatoms. The number of carbonyl (C=O) groups is 1. The highest BCUT2D eigenvalue weighted by atomic mass is 32.2. The molecular weight excluding hydrogens is 370 g/mol. The number of carboxylic acids is 1. The Morgan fingerprint density at radius 1 is 1.07 bits per heavy atom. The van der Waals surface area contributed by atoms with Crippen LogP contribution in [-0.4, -0.2) is 38.0 Å². The first-order chi connectivity index (χ1) is 12.8. The molecule has 0 bridgehead atoms. The van der Waals surface area contributed by atoms with Gasteiger partial charge in [0.05, 0.1) is 4.90 Å². The van der Waals surface area contributed by atoms with Crippen molar-refractivity contribution in [2.75, 3.05) is 6.26 Å². The first-order valence-electron chi connectivity index (χ1n) is 7.91. The zero-order valence-corrected chi connectivity index (χ0v) is 15.1. The Labute approximate surface area is 156 Å². The lowest BCUT2D eigenvalue weighted by molar-refractivity contribution is -0.141. The van der Waals surface area contributed by atoms with Crippen LogP contribution in [0.1, 0.15) is 11.1 Å². The average Bonchev–Trinajstić information content (AvgIpc) is 3.08. The Balaban J connectivity index is 1.73. The van der Waals surface area contributed by atoms with Crippen LogP contribution in [0, 0.1) is 11.8 Å². The Morgan fingerprint density at radius 3 is 2.44 bits per heavy atom. The minimum atomic E-state index is -3.24. The van der Waals surface area contributed by atoms with Crippen molar-refractivity contribution in [2.24, 2.45) is 0 Å². The van der Waals surface area contributed by atoms with Gasteiger partial charge in [-0.2, -0.15) is 5.53 Å². The molecule has 140 valence electrons. The number of nitrogens with one attached hydrogen (secondary N) is 3. The maximum atomic E-state index is 11.5. The van der Waals surface area contributed by atoms with E-state index in [9.17, 15) is 13.2 Å². The van der Waals surface area contributed by atoms with E-state index in [1.54, 1.807) is 36.4 Å². The van der Waals surface area contributed by atoms with E-state index in [0.717, 1.165) is 6.26 Å². The Morgan fingerprint density at radius 2 is 1.78 bits per heavy atom. The molecule has 1 saturated heterocycles. The van der Waals surface area contributed by atoms with Crippen molar-refractivity contribution in [2.45, 2.75) is 17.2 Å². The van der Waals surface area contributed by atoms with E-state index in [1.807, 2.05) is 0 Å². The molecule has 27 heavy (non-hydrogen) atoms. The predicted octanol–water partition coefficient (Wildman–Crippen LogP) is 0.260. The molecule has 0 amide bonds. The van der Waals surface area contributed by atoms with Crippen LogP contribution in [-0.2, 0) is 14.6 Å². The monoisotopic (exact) mass is 387 g/mol. The summed E-state index contributed by atoms with van der Waals surface area (Å²) in [5, 5.41) is 9.11. The standard InChI is InChI=1S/C18H17N3O5S/c1-27(24,25)15-9-7-12(8-10-15)5-6-13-3-2-4-14(11-13)26-17-16(18(22)23)19-21-20-17/h2-4,7-11,16-17,19-21H,1H3,(H,22,23). The molecule has 0 spiro atoms. The molecule has 4 N–H and O–H groups in total. The molecule has 8 nitrogen and oxygen atoms in total. The zero-order valence-electron chi connectivity index (χ0n) is 14.3. The van der Waals surface area contributed by atoms with Crippen molar-refractivity contribution in [3.8, 4) is 17.6 Å². The Hall–Kier alpha value is -2.90. The van der Waals surface area contributed by atoms with E-state index in [0.29, 0.717) is 16.9 Å². The average molecular weight is 387 g/mol. The van der Waals surface area contributed by atoms with Crippen molar-refractivity contribution >= 4 is 15.8 Å². The summed E-state index contributed by atoms with van der Waals surface area (Å²) in [4.78, 5) is 11.4. The molecule has 2 unspecified atom stereocenters. The zero-order chi connectivity index (χ0) is 19.4. The minimum absolute atomic E-state index is 0.239. The summed E-state index contributed by atoms with van der Waals surface area (Å²) in [6.07, 6.45) is 0.368. The van der Waals surface area contributed by atoms with Gasteiger partial charge < -0.3 is 9.84 Å². The van der Waals surface area contributed by atoms with Gasteiger partial charge in [0.1, 0.15) is 5.75 Å². The van der Waals surface area contributed by atoms with Gasteiger partial charge >= 0.3 is 5.97 Å². The lowest BCUT2D eigenvalue weighted by Crippen LogP contribution is -2.44. The third kappa shape index (κ3) is 4.84. The van der Waals surface area contributed by atoms with Gasteiger partial charge in [0.15, 0.2) is 22.1 Å². The summed E-state index contributed by atoms with van der Waals surface area (Å²) in [6.45, 7) is 0. The molecule has 0 aliphatic carbocycles. The summed E-state index contributed by atoms with van der Waals surface area (Å²) >= 11 is 0. The van der Waals surface area contributed by atoms with E-state index >= 15 is 0 Å². The molecular formula is C18H17N3O5S. The molecule has 2 atom stereocenters. The van der Waals surface area contributed by atoms with Crippen LogP contribution in [0.5, 0.6) is 5.75 Å². The van der Waals surface area contributed by atoms with Gasteiger partial charge in [-0.3, -0.25) is 4.79 Å². The molecule has 1 heterocycles. The molecule has 0 radical (unpaired) electrons. The van der Waals surface area contributed by atoms with Crippen molar-refractivity contribution in [3.63, 3.8) is 0 Å². The van der Waals surface area contributed by atoms with E-state index in [4.69, 9.17) is 9.84 Å². The number of aliphatic carboxylic acids is 1. The number of carboxylic acid groups (broad SMARTS) is 1. The van der Waals surface area contributed by atoms with Crippen LogP contribution >= 0.6 is 0 Å². The largest absolute Gasteiger partial charge is 0.480 e.